The monoisotopic (exact) mass is 481 g/mol. The molecule has 4 rings (SSSR count). The Morgan fingerprint density at radius 3 is 2.74 bits per heavy atom. The zero-order valence-electron chi connectivity index (χ0n) is 21.3. The van der Waals surface area contributed by atoms with Crippen LogP contribution in [0.25, 0.3) is 0 Å². The lowest BCUT2D eigenvalue weighted by Gasteiger charge is -2.25. The van der Waals surface area contributed by atoms with Crippen molar-refractivity contribution in [3.8, 4) is 5.75 Å². The Balaban J connectivity index is 1.21. The number of carboxylic acid groups (broad SMARTS) is 1. The molecule has 35 heavy (non-hydrogen) atoms. The van der Waals surface area contributed by atoms with Crippen LogP contribution in [0.4, 0.5) is 5.69 Å². The maximum atomic E-state index is 12.1. The van der Waals surface area contributed by atoms with Gasteiger partial charge in [0.1, 0.15) is 17.4 Å². The molecular formula is C28H39N3O4. The standard InChI is InChI=1S/C28H39N3O4/c1-28(2,3)35-22-12-9-20(10-13-22)26(27(32)33)31-17-15-23(19-31)34-18-5-4-7-21-11-14-24-25(30-21)8-6-16-29-24/h9-14,23,26,29H,4-8,15-19H2,1-3H3,(H,32,33)/t23-,26?/m1/s1. The Morgan fingerprint density at radius 1 is 1.20 bits per heavy atom. The van der Waals surface area contributed by atoms with Crippen LogP contribution in [0.2, 0.25) is 0 Å². The number of hydrogen-bond acceptors (Lipinski definition) is 6. The SMILES string of the molecule is CC(C)(C)Oc1ccc(C(C(=O)O)N2CC[C@@H](OCCCCc3ccc4c(n3)CCCN4)C2)cc1. The summed E-state index contributed by atoms with van der Waals surface area (Å²) in [5.41, 5.74) is 4.01. The van der Waals surface area contributed by atoms with Gasteiger partial charge in [0.25, 0.3) is 0 Å². The van der Waals surface area contributed by atoms with Crippen molar-refractivity contribution in [3.63, 3.8) is 0 Å². The molecule has 0 radical (unpaired) electrons. The highest BCUT2D eigenvalue weighted by atomic mass is 16.5. The fourth-order valence-corrected chi connectivity index (χ4v) is 4.88. The molecule has 1 fully saturated rings. The third kappa shape index (κ3) is 7.18. The summed E-state index contributed by atoms with van der Waals surface area (Å²) in [6.07, 6.45) is 6.12. The molecule has 190 valence electrons. The van der Waals surface area contributed by atoms with Crippen molar-refractivity contribution in [3.05, 3.63) is 53.3 Å². The Hall–Kier alpha value is -2.64. The minimum atomic E-state index is -0.831. The fourth-order valence-electron chi connectivity index (χ4n) is 4.88. The van der Waals surface area contributed by atoms with Crippen molar-refractivity contribution in [1.82, 2.24) is 9.88 Å². The van der Waals surface area contributed by atoms with Crippen LogP contribution in [0.15, 0.2) is 36.4 Å². The predicted octanol–water partition coefficient (Wildman–Crippen LogP) is 4.86. The lowest BCUT2D eigenvalue weighted by atomic mass is 10.1. The molecule has 0 spiro atoms. The number of nitrogens with zero attached hydrogens (tertiary/aromatic N) is 2. The molecule has 2 aliphatic rings. The third-order valence-corrected chi connectivity index (χ3v) is 6.51. The van der Waals surface area contributed by atoms with Gasteiger partial charge in [-0.25, -0.2) is 0 Å². The van der Waals surface area contributed by atoms with E-state index in [1.807, 2.05) is 49.9 Å². The van der Waals surface area contributed by atoms with Gasteiger partial charge in [-0.1, -0.05) is 12.1 Å². The van der Waals surface area contributed by atoms with Gasteiger partial charge in [-0.2, -0.15) is 0 Å². The number of likely N-dealkylation sites (tertiary alicyclic amines) is 1. The van der Waals surface area contributed by atoms with Crippen LogP contribution < -0.4 is 10.1 Å². The summed E-state index contributed by atoms with van der Waals surface area (Å²) >= 11 is 0. The minimum Gasteiger partial charge on any atom is -0.488 e. The van der Waals surface area contributed by atoms with Crippen LogP contribution in [0.1, 0.15) is 69.4 Å². The highest BCUT2D eigenvalue weighted by Gasteiger charge is 2.34. The largest absolute Gasteiger partial charge is 0.488 e. The number of aliphatic carboxylic acids is 1. The number of nitrogens with one attached hydrogen (secondary N) is 1. The van der Waals surface area contributed by atoms with E-state index in [9.17, 15) is 9.90 Å². The smallest absolute Gasteiger partial charge is 0.325 e. The molecule has 1 saturated heterocycles. The molecule has 2 N–H and O–H groups in total. The van der Waals surface area contributed by atoms with Crippen molar-refractivity contribution < 1.29 is 19.4 Å². The molecule has 0 amide bonds. The topological polar surface area (TPSA) is 83.9 Å². The molecule has 2 aromatic rings. The Labute approximate surface area is 208 Å². The lowest BCUT2D eigenvalue weighted by molar-refractivity contribution is -0.143. The van der Waals surface area contributed by atoms with Crippen molar-refractivity contribution in [2.24, 2.45) is 0 Å². The van der Waals surface area contributed by atoms with Gasteiger partial charge in [0.05, 0.1) is 17.5 Å². The first kappa shape index (κ1) is 25.5. The number of unbranched alkanes of at least 4 members (excludes halogenated alkanes) is 1. The lowest BCUT2D eigenvalue weighted by Crippen LogP contribution is -2.33. The number of benzene rings is 1. The zero-order chi connectivity index (χ0) is 24.8. The maximum absolute atomic E-state index is 12.1. The second kappa shape index (κ2) is 11.4. The van der Waals surface area contributed by atoms with Gasteiger partial charge in [0.2, 0.25) is 0 Å². The average Bonchev–Trinajstić information content (AvgIpc) is 3.27. The molecule has 2 atom stereocenters. The number of pyridine rings is 1. The van der Waals surface area contributed by atoms with Crippen LogP contribution in [0, 0.1) is 0 Å². The summed E-state index contributed by atoms with van der Waals surface area (Å²) in [7, 11) is 0. The number of anilines is 1. The van der Waals surface area contributed by atoms with E-state index in [1.54, 1.807) is 0 Å². The molecular weight excluding hydrogens is 442 g/mol. The molecule has 0 saturated carbocycles. The van der Waals surface area contributed by atoms with E-state index < -0.39 is 12.0 Å². The second-order valence-corrected chi connectivity index (χ2v) is 10.6. The quantitative estimate of drug-likeness (QED) is 0.469. The van der Waals surface area contributed by atoms with Crippen LogP contribution in [0.3, 0.4) is 0 Å². The minimum absolute atomic E-state index is 0.0771. The molecule has 7 heteroatoms. The normalized spacial score (nSPS) is 19.1. The van der Waals surface area contributed by atoms with Crippen LogP contribution in [0.5, 0.6) is 5.75 Å². The van der Waals surface area contributed by atoms with Crippen LogP contribution >= 0.6 is 0 Å². The van der Waals surface area contributed by atoms with Crippen molar-refractivity contribution in [1.29, 1.82) is 0 Å². The summed E-state index contributed by atoms with van der Waals surface area (Å²) in [5.74, 6) is -0.0850. The zero-order valence-corrected chi connectivity index (χ0v) is 21.3. The highest BCUT2D eigenvalue weighted by molar-refractivity contribution is 5.75. The molecule has 2 aliphatic heterocycles. The van der Waals surface area contributed by atoms with Gasteiger partial charge in [0.15, 0.2) is 0 Å². The van der Waals surface area contributed by atoms with Gasteiger partial charge in [0, 0.05) is 31.9 Å². The molecule has 3 heterocycles. The maximum Gasteiger partial charge on any atom is 0.325 e. The van der Waals surface area contributed by atoms with Crippen molar-refractivity contribution in [2.75, 3.05) is 31.6 Å². The van der Waals surface area contributed by atoms with Gasteiger partial charge in [-0.15, -0.1) is 0 Å². The number of rotatable bonds is 10. The van der Waals surface area contributed by atoms with Crippen molar-refractivity contribution >= 4 is 11.7 Å². The number of carboxylic acids is 1. The molecule has 0 bridgehead atoms. The van der Waals surface area contributed by atoms with E-state index in [0.29, 0.717) is 13.2 Å². The van der Waals surface area contributed by atoms with Gasteiger partial charge in [-0.3, -0.25) is 14.7 Å². The van der Waals surface area contributed by atoms with Gasteiger partial charge in [-0.05, 0) is 89.1 Å². The Kier molecular flexibility index (Phi) is 8.29. The summed E-state index contributed by atoms with van der Waals surface area (Å²) in [5, 5.41) is 13.3. The van der Waals surface area contributed by atoms with E-state index in [-0.39, 0.29) is 11.7 Å². The summed E-state index contributed by atoms with van der Waals surface area (Å²) < 4.78 is 12.0. The van der Waals surface area contributed by atoms with Crippen LogP contribution in [-0.2, 0) is 22.4 Å². The number of hydrogen-bond donors (Lipinski definition) is 2. The van der Waals surface area contributed by atoms with Gasteiger partial charge >= 0.3 is 5.97 Å². The number of fused-ring (bicyclic) bond motifs is 1. The second-order valence-electron chi connectivity index (χ2n) is 10.6. The molecule has 1 aromatic carbocycles. The van der Waals surface area contributed by atoms with E-state index in [1.165, 1.54) is 11.4 Å². The first-order chi connectivity index (χ1) is 16.8. The van der Waals surface area contributed by atoms with Gasteiger partial charge < -0.3 is 19.9 Å². The number of aryl methyl sites for hydroxylation is 2. The Bertz CT molecular complexity index is 987. The number of ether oxygens (including phenoxy) is 2. The third-order valence-electron chi connectivity index (χ3n) is 6.51. The first-order valence-corrected chi connectivity index (χ1v) is 12.9. The van der Waals surface area contributed by atoms with E-state index in [2.05, 4.69) is 17.4 Å². The highest BCUT2D eigenvalue weighted by Crippen LogP contribution is 2.29. The fraction of sp³-hybridized carbons (Fsp3) is 0.571. The molecule has 0 aliphatic carbocycles. The predicted molar refractivity (Wildman–Crippen MR) is 137 cm³/mol. The summed E-state index contributed by atoms with van der Waals surface area (Å²) in [6, 6.07) is 11.0. The number of carbonyl (C=O) groups is 1. The van der Waals surface area contributed by atoms with Crippen LogP contribution in [-0.4, -0.2) is 58.9 Å². The summed E-state index contributed by atoms with van der Waals surface area (Å²) in [4.78, 5) is 18.9. The summed E-state index contributed by atoms with van der Waals surface area (Å²) in [6.45, 7) is 9.07. The van der Waals surface area contributed by atoms with E-state index in [0.717, 1.165) is 68.6 Å². The molecule has 7 nitrogen and oxygen atoms in total. The number of aromatic nitrogens is 1. The van der Waals surface area contributed by atoms with E-state index >= 15 is 0 Å². The molecule has 1 aromatic heterocycles. The average molecular weight is 482 g/mol. The molecule has 1 unspecified atom stereocenters. The van der Waals surface area contributed by atoms with Crippen molar-refractivity contribution in [2.45, 2.75) is 77.0 Å². The Morgan fingerprint density at radius 2 is 2.00 bits per heavy atom. The van der Waals surface area contributed by atoms with E-state index in [4.69, 9.17) is 14.5 Å². The first-order valence-electron chi connectivity index (χ1n) is 12.9.